The smallest absolute Gasteiger partial charge is 0.119 e. The monoisotopic (exact) mass is 251 g/mol. The van der Waals surface area contributed by atoms with Gasteiger partial charge in [0, 0.05) is 6.54 Å². The van der Waals surface area contributed by atoms with Crippen LogP contribution in [0, 0.1) is 0 Å². The molecule has 1 atom stereocenters. The maximum atomic E-state index is 9.54. The molecule has 1 rings (SSSR count). The Balaban J connectivity index is 2.56. The molecule has 0 radical (unpaired) electrons. The van der Waals surface area contributed by atoms with Crippen LogP contribution in [0.3, 0.4) is 0 Å². The first-order valence-electron chi connectivity index (χ1n) is 6.55. The van der Waals surface area contributed by atoms with Gasteiger partial charge in [-0.1, -0.05) is 32.9 Å². The highest BCUT2D eigenvalue weighted by atomic mass is 16.5. The number of nitrogens with one attached hydrogen (secondary N) is 1. The zero-order valence-electron chi connectivity index (χ0n) is 11.9. The van der Waals surface area contributed by atoms with Gasteiger partial charge in [-0.15, -0.1) is 0 Å². The first-order chi connectivity index (χ1) is 8.49. The van der Waals surface area contributed by atoms with Crippen molar-refractivity contribution in [2.75, 3.05) is 20.2 Å². The van der Waals surface area contributed by atoms with E-state index in [0.29, 0.717) is 13.2 Å². The molecule has 2 N–H and O–H groups in total. The first kappa shape index (κ1) is 15.0. The van der Waals surface area contributed by atoms with Crippen LogP contribution in [0.25, 0.3) is 0 Å². The minimum atomic E-state index is -0.471. The molecule has 0 saturated heterocycles. The van der Waals surface area contributed by atoms with Crippen LogP contribution in [0.5, 0.6) is 5.75 Å². The van der Waals surface area contributed by atoms with Gasteiger partial charge in [-0.25, -0.2) is 0 Å². The maximum Gasteiger partial charge on any atom is 0.119 e. The lowest BCUT2D eigenvalue weighted by atomic mass is 9.82. The molecule has 0 saturated carbocycles. The quantitative estimate of drug-likeness (QED) is 0.781. The van der Waals surface area contributed by atoms with Crippen molar-refractivity contribution in [3.63, 3.8) is 0 Å². The summed E-state index contributed by atoms with van der Waals surface area (Å²) in [6, 6.07) is 8.14. The van der Waals surface area contributed by atoms with E-state index in [1.807, 2.05) is 19.2 Å². The van der Waals surface area contributed by atoms with Crippen molar-refractivity contribution in [2.24, 2.45) is 0 Å². The molecule has 0 heterocycles. The molecule has 0 aliphatic heterocycles. The number of aliphatic hydroxyl groups is 1. The van der Waals surface area contributed by atoms with Crippen LogP contribution < -0.4 is 10.1 Å². The summed E-state index contributed by atoms with van der Waals surface area (Å²) in [5.74, 6) is 0.806. The van der Waals surface area contributed by atoms with Crippen molar-refractivity contribution >= 4 is 0 Å². The predicted octanol–water partition coefficient (Wildman–Crippen LogP) is 2.33. The third-order valence-corrected chi connectivity index (χ3v) is 3.40. The molecule has 3 nitrogen and oxygen atoms in total. The number of hydrogen-bond donors (Lipinski definition) is 2. The Morgan fingerprint density at radius 2 is 1.89 bits per heavy atom. The van der Waals surface area contributed by atoms with Gasteiger partial charge >= 0.3 is 0 Å². The van der Waals surface area contributed by atoms with Gasteiger partial charge in [-0.3, -0.25) is 0 Å². The molecule has 0 aliphatic rings. The molecule has 1 aromatic rings. The highest BCUT2D eigenvalue weighted by molar-refractivity contribution is 5.31. The van der Waals surface area contributed by atoms with E-state index < -0.39 is 6.10 Å². The molecule has 1 aromatic carbocycles. The minimum Gasteiger partial charge on any atom is -0.491 e. The molecule has 0 aliphatic carbocycles. The second-order valence-corrected chi connectivity index (χ2v) is 5.28. The molecule has 3 heteroatoms. The molecule has 0 aromatic heterocycles. The normalized spacial score (nSPS) is 13.4. The van der Waals surface area contributed by atoms with Crippen LogP contribution in [0.15, 0.2) is 24.3 Å². The van der Waals surface area contributed by atoms with E-state index >= 15 is 0 Å². The predicted molar refractivity (Wildman–Crippen MR) is 75.2 cm³/mol. The number of likely N-dealkylation sites (N-methyl/N-ethyl adjacent to an activating group) is 1. The number of aliphatic hydroxyl groups excluding tert-OH is 1. The third kappa shape index (κ3) is 4.31. The van der Waals surface area contributed by atoms with Gasteiger partial charge in [0.2, 0.25) is 0 Å². The Bertz CT molecular complexity index is 346. The van der Waals surface area contributed by atoms with Crippen molar-refractivity contribution < 1.29 is 9.84 Å². The lowest BCUT2D eigenvalue weighted by molar-refractivity contribution is 0.108. The van der Waals surface area contributed by atoms with Gasteiger partial charge < -0.3 is 15.2 Å². The summed E-state index contributed by atoms with van der Waals surface area (Å²) in [6.45, 7) is 7.52. The van der Waals surface area contributed by atoms with Gasteiger partial charge in [0.25, 0.3) is 0 Å². The summed E-state index contributed by atoms with van der Waals surface area (Å²) in [4.78, 5) is 0. The van der Waals surface area contributed by atoms with Crippen LogP contribution in [0.4, 0.5) is 0 Å². The third-order valence-electron chi connectivity index (χ3n) is 3.40. The number of rotatable bonds is 7. The topological polar surface area (TPSA) is 41.5 Å². The molecule has 18 heavy (non-hydrogen) atoms. The molecular weight excluding hydrogens is 226 g/mol. The van der Waals surface area contributed by atoms with E-state index in [2.05, 4.69) is 38.2 Å². The summed E-state index contributed by atoms with van der Waals surface area (Å²) >= 11 is 0. The van der Waals surface area contributed by atoms with Gasteiger partial charge in [0.1, 0.15) is 18.5 Å². The Morgan fingerprint density at radius 3 is 2.39 bits per heavy atom. The van der Waals surface area contributed by atoms with Crippen LogP contribution in [0.2, 0.25) is 0 Å². The van der Waals surface area contributed by atoms with Crippen LogP contribution in [-0.2, 0) is 5.41 Å². The number of benzene rings is 1. The zero-order chi connectivity index (χ0) is 13.6. The van der Waals surface area contributed by atoms with Crippen molar-refractivity contribution in [1.82, 2.24) is 5.32 Å². The second-order valence-electron chi connectivity index (χ2n) is 5.28. The standard InChI is InChI=1S/C15H25NO2/c1-5-15(2,3)12-6-8-14(9-7-12)18-11-13(17)10-16-4/h6-9,13,16-17H,5,10-11H2,1-4H3. The van der Waals surface area contributed by atoms with E-state index in [9.17, 15) is 5.11 Å². The second kappa shape index (κ2) is 6.76. The average Bonchev–Trinajstić information content (AvgIpc) is 2.37. The summed E-state index contributed by atoms with van der Waals surface area (Å²) in [7, 11) is 1.81. The molecule has 0 bridgehead atoms. The van der Waals surface area contributed by atoms with Gasteiger partial charge in [0.05, 0.1) is 0 Å². The Labute approximate surface area is 110 Å². The summed E-state index contributed by atoms with van der Waals surface area (Å²) in [6.07, 6.45) is 0.635. The molecule has 0 fully saturated rings. The maximum absolute atomic E-state index is 9.54. The van der Waals surface area contributed by atoms with E-state index in [4.69, 9.17) is 4.74 Å². The van der Waals surface area contributed by atoms with E-state index in [-0.39, 0.29) is 5.41 Å². The van der Waals surface area contributed by atoms with Gasteiger partial charge in [0.15, 0.2) is 0 Å². The fraction of sp³-hybridized carbons (Fsp3) is 0.600. The van der Waals surface area contributed by atoms with E-state index in [1.54, 1.807) is 0 Å². The first-order valence-corrected chi connectivity index (χ1v) is 6.55. The molecule has 1 unspecified atom stereocenters. The van der Waals surface area contributed by atoms with Crippen molar-refractivity contribution in [3.8, 4) is 5.75 Å². The van der Waals surface area contributed by atoms with Crippen LogP contribution in [-0.4, -0.2) is 31.4 Å². The van der Waals surface area contributed by atoms with Crippen molar-refractivity contribution in [1.29, 1.82) is 0 Å². The Morgan fingerprint density at radius 1 is 1.28 bits per heavy atom. The molecule has 0 amide bonds. The fourth-order valence-corrected chi connectivity index (χ4v) is 1.69. The molecular formula is C15H25NO2. The highest BCUT2D eigenvalue weighted by Crippen LogP contribution is 2.27. The largest absolute Gasteiger partial charge is 0.491 e. The minimum absolute atomic E-state index is 0.199. The highest BCUT2D eigenvalue weighted by Gasteiger charge is 2.17. The SMILES string of the molecule is CCC(C)(C)c1ccc(OCC(O)CNC)cc1. The molecule has 0 spiro atoms. The van der Waals surface area contributed by atoms with Gasteiger partial charge in [-0.05, 0) is 36.6 Å². The fourth-order valence-electron chi connectivity index (χ4n) is 1.69. The zero-order valence-corrected chi connectivity index (χ0v) is 11.9. The number of hydrogen-bond acceptors (Lipinski definition) is 3. The van der Waals surface area contributed by atoms with Crippen molar-refractivity contribution in [2.45, 2.75) is 38.7 Å². The molecule has 102 valence electrons. The summed E-state index contributed by atoms with van der Waals surface area (Å²) in [5, 5.41) is 12.5. The van der Waals surface area contributed by atoms with E-state index in [1.165, 1.54) is 5.56 Å². The average molecular weight is 251 g/mol. The van der Waals surface area contributed by atoms with Crippen LogP contribution >= 0.6 is 0 Å². The van der Waals surface area contributed by atoms with E-state index in [0.717, 1.165) is 12.2 Å². The lowest BCUT2D eigenvalue weighted by Gasteiger charge is -2.23. The summed E-state index contributed by atoms with van der Waals surface area (Å²) < 4.78 is 5.53. The van der Waals surface area contributed by atoms with Crippen LogP contribution in [0.1, 0.15) is 32.8 Å². The Hall–Kier alpha value is -1.06. The van der Waals surface area contributed by atoms with Gasteiger partial charge in [-0.2, -0.15) is 0 Å². The summed E-state index contributed by atoms with van der Waals surface area (Å²) in [5.41, 5.74) is 1.51. The Kier molecular flexibility index (Phi) is 5.63. The van der Waals surface area contributed by atoms with Crippen molar-refractivity contribution in [3.05, 3.63) is 29.8 Å². The number of ether oxygens (including phenoxy) is 1. The lowest BCUT2D eigenvalue weighted by Crippen LogP contribution is -2.29.